The summed E-state index contributed by atoms with van der Waals surface area (Å²) >= 11 is 0. The van der Waals surface area contributed by atoms with E-state index in [1.54, 1.807) is 25.1 Å². The molecule has 110 valence electrons. The molecular formula is C15H14FNO3S. The molecule has 0 spiro atoms. The Hall–Kier alpha value is -2.21. The highest BCUT2D eigenvalue weighted by atomic mass is 32.2. The van der Waals surface area contributed by atoms with Gasteiger partial charge in [0.05, 0.1) is 4.90 Å². The summed E-state index contributed by atoms with van der Waals surface area (Å²) < 4.78 is 38.6. The highest BCUT2D eigenvalue weighted by molar-refractivity contribution is 7.89. The van der Waals surface area contributed by atoms with Crippen LogP contribution in [0.5, 0.6) is 0 Å². The summed E-state index contributed by atoms with van der Waals surface area (Å²) in [7, 11) is -2.75. The van der Waals surface area contributed by atoms with E-state index in [0.29, 0.717) is 21.0 Å². The first-order valence-electron chi connectivity index (χ1n) is 6.17. The number of sulfonamides is 1. The molecule has 0 aliphatic carbocycles. The molecule has 2 aromatic rings. The number of hydrogen-bond donors (Lipinski definition) is 0. The number of nitrogens with zero attached hydrogens (tertiary/aromatic N) is 1. The minimum atomic E-state index is -3.94. The SMILES string of the molecule is Cc1cccc(-c2ccc(F)cc2)c1S(=O)(=O)N(C)C=O. The van der Waals surface area contributed by atoms with E-state index < -0.39 is 15.8 Å². The normalized spacial score (nSPS) is 11.2. The Bertz CT molecular complexity index is 770. The van der Waals surface area contributed by atoms with Crippen LogP contribution in [-0.4, -0.2) is 26.2 Å². The van der Waals surface area contributed by atoms with Gasteiger partial charge >= 0.3 is 0 Å². The van der Waals surface area contributed by atoms with Crippen LogP contribution in [0.2, 0.25) is 0 Å². The average Bonchev–Trinajstić information content (AvgIpc) is 2.46. The molecule has 0 radical (unpaired) electrons. The quantitative estimate of drug-likeness (QED) is 0.816. The fourth-order valence-electron chi connectivity index (χ4n) is 2.05. The minimum absolute atomic E-state index is 0.0474. The molecule has 0 fully saturated rings. The average molecular weight is 307 g/mol. The number of rotatable bonds is 4. The topological polar surface area (TPSA) is 54.5 Å². The molecule has 0 heterocycles. The Morgan fingerprint density at radius 1 is 1.10 bits per heavy atom. The fourth-order valence-corrected chi connectivity index (χ4v) is 3.39. The summed E-state index contributed by atoms with van der Waals surface area (Å²) in [6, 6.07) is 10.5. The summed E-state index contributed by atoms with van der Waals surface area (Å²) in [6.07, 6.45) is 0.246. The van der Waals surface area contributed by atoms with Crippen molar-refractivity contribution in [1.29, 1.82) is 0 Å². The van der Waals surface area contributed by atoms with Crippen LogP contribution in [0.3, 0.4) is 0 Å². The van der Waals surface area contributed by atoms with Crippen molar-refractivity contribution in [3.63, 3.8) is 0 Å². The van der Waals surface area contributed by atoms with E-state index in [2.05, 4.69) is 0 Å². The summed E-state index contributed by atoms with van der Waals surface area (Å²) in [4.78, 5) is 10.9. The van der Waals surface area contributed by atoms with Gasteiger partial charge in [0.25, 0.3) is 10.0 Å². The Balaban J connectivity index is 2.73. The summed E-state index contributed by atoms with van der Waals surface area (Å²) in [6.45, 7) is 1.65. The number of halogens is 1. The van der Waals surface area contributed by atoms with Crippen molar-refractivity contribution in [3.05, 3.63) is 53.8 Å². The van der Waals surface area contributed by atoms with Gasteiger partial charge in [-0.25, -0.2) is 17.1 Å². The van der Waals surface area contributed by atoms with Gasteiger partial charge in [-0.15, -0.1) is 0 Å². The molecule has 2 aromatic carbocycles. The van der Waals surface area contributed by atoms with Crippen molar-refractivity contribution in [2.45, 2.75) is 11.8 Å². The summed E-state index contributed by atoms with van der Waals surface area (Å²) in [5, 5.41) is 0. The molecule has 2 rings (SSSR count). The molecule has 0 saturated heterocycles. The lowest BCUT2D eigenvalue weighted by Gasteiger charge is -2.17. The maximum Gasteiger partial charge on any atom is 0.266 e. The van der Waals surface area contributed by atoms with E-state index in [0.717, 1.165) is 0 Å². The van der Waals surface area contributed by atoms with Gasteiger partial charge in [-0.3, -0.25) is 4.79 Å². The van der Waals surface area contributed by atoms with Gasteiger partial charge in [0, 0.05) is 12.6 Å². The van der Waals surface area contributed by atoms with E-state index in [1.165, 1.54) is 31.3 Å². The maximum absolute atomic E-state index is 13.0. The van der Waals surface area contributed by atoms with Crippen LogP contribution in [0.15, 0.2) is 47.4 Å². The Morgan fingerprint density at radius 3 is 2.29 bits per heavy atom. The van der Waals surface area contributed by atoms with Crippen molar-refractivity contribution in [1.82, 2.24) is 4.31 Å². The van der Waals surface area contributed by atoms with E-state index in [4.69, 9.17) is 0 Å². The summed E-state index contributed by atoms with van der Waals surface area (Å²) in [5.74, 6) is -0.402. The van der Waals surface area contributed by atoms with Crippen molar-refractivity contribution in [3.8, 4) is 11.1 Å². The first-order valence-corrected chi connectivity index (χ1v) is 7.61. The molecular weight excluding hydrogens is 293 g/mol. The Morgan fingerprint density at radius 2 is 1.71 bits per heavy atom. The van der Waals surface area contributed by atoms with Gasteiger partial charge in [-0.2, -0.15) is 0 Å². The van der Waals surface area contributed by atoms with Crippen molar-refractivity contribution >= 4 is 16.4 Å². The third-order valence-corrected chi connectivity index (χ3v) is 5.05. The largest absolute Gasteiger partial charge is 0.278 e. The second-order valence-corrected chi connectivity index (χ2v) is 6.52. The van der Waals surface area contributed by atoms with Gasteiger partial charge in [0.15, 0.2) is 0 Å². The van der Waals surface area contributed by atoms with Crippen LogP contribution < -0.4 is 0 Å². The predicted molar refractivity (Wildman–Crippen MR) is 77.6 cm³/mol. The number of aryl methyl sites for hydroxylation is 1. The molecule has 0 aromatic heterocycles. The predicted octanol–water partition coefficient (Wildman–Crippen LogP) is 2.58. The van der Waals surface area contributed by atoms with Crippen molar-refractivity contribution < 1.29 is 17.6 Å². The number of carbonyl (C=O) groups is 1. The zero-order valence-corrected chi connectivity index (χ0v) is 12.4. The molecule has 0 N–H and O–H groups in total. The van der Waals surface area contributed by atoms with E-state index in [9.17, 15) is 17.6 Å². The molecule has 1 amide bonds. The monoisotopic (exact) mass is 307 g/mol. The van der Waals surface area contributed by atoms with Gasteiger partial charge in [-0.05, 0) is 30.2 Å². The van der Waals surface area contributed by atoms with Crippen molar-refractivity contribution in [2.24, 2.45) is 0 Å². The molecule has 4 nitrogen and oxygen atoms in total. The van der Waals surface area contributed by atoms with Gasteiger partial charge in [-0.1, -0.05) is 30.3 Å². The van der Waals surface area contributed by atoms with E-state index >= 15 is 0 Å². The lowest BCUT2D eigenvalue weighted by Crippen LogP contribution is -2.26. The highest BCUT2D eigenvalue weighted by Gasteiger charge is 2.25. The smallest absolute Gasteiger partial charge is 0.266 e. The van der Waals surface area contributed by atoms with E-state index in [-0.39, 0.29) is 11.3 Å². The highest BCUT2D eigenvalue weighted by Crippen LogP contribution is 2.31. The van der Waals surface area contributed by atoms with Crippen LogP contribution in [0.25, 0.3) is 11.1 Å². The zero-order chi connectivity index (χ0) is 15.6. The molecule has 0 aliphatic rings. The third-order valence-electron chi connectivity index (χ3n) is 3.15. The molecule has 6 heteroatoms. The van der Waals surface area contributed by atoms with Crippen LogP contribution in [0, 0.1) is 12.7 Å². The standard InChI is InChI=1S/C15H14FNO3S/c1-11-4-3-5-14(12-6-8-13(16)9-7-12)15(11)21(19,20)17(2)10-18/h3-10H,1-2H3. The van der Waals surface area contributed by atoms with Crippen LogP contribution in [-0.2, 0) is 14.8 Å². The molecule has 0 unspecified atom stereocenters. The van der Waals surface area contributed by atoms with E-state index in [1.807, 2.05) is 0 Å². The fraction of sp³-hybridized carbons (Fsp3) is 0.133. The second-order valence-electron chi connectivity index (χ2n) is 4.59. The van der Waals surface area contributed by atoms with Gasteiger partial charge in [0.2, 0.25) is 6.41 Å². The van der Waals surface area contributed by atoms with Crippen LogP contribution in [0.4, 0.5) is 4.39 Å². The Labute approximate surface area is 122 Å². The van der Waals surface area contributed by atoms with Crippen LogP contribution in [0.1, 0.15) is 5.56 Å². The lowest BCUT2D eigenvalue weighted by atomic mass is 10.0. The first-order chi connectivity index (χ1) is 9.87. The molecule has 0 saturated carbocycles. The number of hydrogen-bond acceptors (Lipinski definition) is 3. The third kappa shape index (κ3) is 2.80. The first kappa shape index (κ1) is 15.2. The van der Waals surface area contributed by atoms with Crippen LogP contribution >= 0.6 is 0 Å². The second kappa shape index (κ2) is 5.65. The van der Waals surface area contributed by atoms with Gasteiger partial charge in [0.1, 0.15) is 5.82 Å². The maximum atomic E-state index is 13.0. The minimum Gasteiger partial charge on any atom is -0.278 e. The van der Waals surface area contributed by atoms with Gasteiger partial charge < -0.3 is 0 Å². The Kier molecular flexibility index (Phi) is 4.09. The molecule has 0 aliphatic heterocycles. The van der Waals surface area contributed by atoms with Crippen molar-refractivity contribution in [2.75, 3.05) is 7.05 Å². The number of carbonyl (C=O) groups excluding carboxylic acids is 1. The molecule has 0 bridgehead atoms. The number of benzene rings is 2. The lowest BCUT2D eigenvalue weighted by molar-refractivity contribution is -0.113. The zero-order valence-electron chi connectivity index (χ0n) is 11.6. The molecule has 0 atom stereocenters. The summed E-state index contributed by atoms with van der Waals surface area (Å²) in [5.41, 5.74) is 1.52. The molecule has 21 heavy (non-hydrogen) atoms. The number of amides is 1.